The van der Waals surface area contributed by atoms with Crippen molar-refractivity contribution in [2.24, 2.45) is 11.7 Å². The minimum Gasteiger partial charge on any atom is -0.493 e. The van der Waals surface area contributed by atoms with E-state index in [0.29, 0.717) is 36.1 Å². The van der Waals surface area contributed by atoms with Crippen molar-refractivity contribution in [1.82, 2.24) is 10.2 Å². The Hall–Kier alpha value is -1.99. The van der Waals surface area contributed by atoms with Crippen molar-refractivity contribution in [1.29, 1.82) is 0 Å². The normalized spacial score (nSPS) is 15.6. The first-order valence-corrected chi connectivity index (χ1v) is 9.46. The molecule has 158 valence electrons. The van der Waals surface area contributed by atoms with Crippen molar-refractivity contribution in [3.63, 3.8) is 0 Å². The van der Waals surface area contributed by atoms with Crippen LogP contribution in [0.1, 0.15) is 44.0 Å². The van der Waals surface area contributed by atoms with Gasteiger partial charge in [-0.05, 0) is 57.7 Å². The van der Waals surface area contributed by atoms with E-state index < -0.39 is 0 Å². The predicted octanol–water partition coefficient (Wildman–Crippen LogP) is 2.22. The van der Waals surface area contributed by atoms with Crippen molar-refractivity contribution in [2.75, 3.05) is 26.8 Å². The smallest absolute Gasteiger partial charge is 0.258 e. The number of amides is 2. The fourth-order valence-electron chi connectivity index (χ4n) is 3.24. The molecule has 1 aromatic rings. The highest BCUT2D eigenvalue weighted by Crippen LogP contribution is 2.29. The van der Waals surface area contributed by atoms with Crippen LogP contribution in [-0.2, 0) is 4.79 Å². The number of piperidine rings is 1. The average molecular weight is 414 g/mol. The van der Waals surface area contributed by atoms with E-state index in [1.807, 2.05) is 25.7 Å². The zero-order chi connectivity index (χ0) is 20.0. The summed E-state index contributed by atoms with van der Waals surface area (Å²) in [4.78, 5) is 26.4. The molecule has 0 spiro atoms. The molecule has 1 aromatic carbocycles. The third-order valence-electron chi connectivity index (χ3n) is 4.79. The lowest BCUT2D eigenvalue weighted by molar-refractivity contribution is -0.123. The Labute approximate surface area is 173 Å². The van der Waals surface area contributed by atoms with Crippen LogP contribution in [0.15, 0.2) is 18.2 Å². The summed E-state index contributed by atoms with van der Waals surface area (Å²) in [6, 6.07) is 5.25. The topological polar surface area (TPSA) is 93.9 Å². The highest BCUT2D eigenvalue weighted by atomic mass is 35.5. The Bertz CT molecular complexity index is 659. The van der Waals surface area contributed by atoms with E-state index >= 15 is 0 Å². The quantitative estimate of drug-likeness (QED) is 0.714. The maximum Gasteiger partial charge on any atom is 0.258 e. The first kappa shape index (κ1) is 24.0. The van der Waals surface area contributed by atoms with Crippen LogP contribution in [0.2, 0.25) is 0 Å². The van der Waals surface area contributed by atoms with E-state index in [0.717, 1.165) is 12.8 Å². The Kier molecular flexibility index (Phi) is 9.55. The monoisotopic (exact) mass is 413 g/mol. The summed E-state index contributed by atoms with van der Waals surface area (Å²) in [7, 11) is 1.51. The molecule has 1 aliphatic heterocycles. The molecule has 3 N–H and O–H groups in total. The number of nitrogens with one attached hydrogen (secondary N) is 1. The lowest BCUT2D eigenvalue weighted by Crippen LogP contribution is -2.42. The molecule has 28 heavy (non-hydrogen) atoms. The third-order valence-corrected chi connectivity index (χ3v) is 4.79. The Morgan fingerprint density at radius 3 is 2.39 bits per heavy atom. The van der Waals surface area contributed by atoms with Crippen LogP contribution in [0.5, 0.6) is 11.5 Å². The second-order valence-corrected chi connectivity index (χ2v) is 7.37. The second kappa shape index (κ2) is 11.1. The van der Waals surface area contributed by atoms with Crippen LogP contribution in [0, 0.1) is 5.92 Å². The van der Waals surface area contributed by atoms with Crippen molar-refractivity contribution < 1.29 is 19.1 Å². The number of hydrogen-bond donors (Lipinski definition) is 2. The number of rotatable bonds is 7. The van der Waals surface area contributed by atoms with Crippen molar-refractivity contribution in [3.05, 3.63) is 23.8 Å². The molecule has 1 saturated heterocycles. The molecular weight excluding hydrogens is 382 g/mol. The molecule has 0 radical (unpaired) electrons. The molecule has 1 unspecified atom stereocenters. The number of methoxy groups -OCH3 is 1. The first-order chi connectivity index (χ1) is 12.8. The number of halogens is 1. The third kappa shape index (κ3) is 6.56. The number of likely N-dealkylation sites (tertiary alicyclic amines) is 1. The van der Waals surface area contributed by atoms with Crippen LogP contribution in [0.3, 0.4) is 0 Å². The van der Waals surface area contributed by atoms with Gasteiger partial charge >= 0.3 is 0 Å². The highest BCUT2D eigenvalue weighted by Gasteiger charge is 2.26. The summed E-state index contributed by atoms with van der Waals surface area (Å²) in [5.74, 6) is 1.10. The summed E-state index contributed by atoms with van der Waals surface area (Å²) >= 11 is 0. The van der Waals surface area contributed by atoms with E-state index in [4.69, 9.17) is 15.2 Å². The number of nitrogens with zero attached hydrogens (tertiary/aromatic N) is 1. The van der Waals surface area contributed by atoms with Gasteiger partial charge in [0.1, 0.15) is 0 Å². The maximum absolute atomic E-state index is 12.8. The fraction of sp³-hybridized carbons (Fsp3) is 0.600. The molecule has 8 heteroatoms. The van der Waals surface area contributed by atoms with Gasteiger partial charge in [-0.3, -0.25) is 9.59 Å². The summed E-state index contributed by atoms with van der Waals surface area (Å²) in [5, 5.41) is 2.76. The van der Waals surface area contributed by atoms with Gasteiger partial charge in [-0.25, -0.2) is 0 Å². The van der Waals surface area contributed by atoms with Gasteiger partial charge in [0.15, 0.2) is 18.1 Å². The van der Waals surface area contributed by atoms with Crippen LogP contribution < -0.4 is 20.5 Å². The number of hydrogen-bond acceptors (Lipinski definition) is 5. The van der Waals surface area contributed by atoms with Gasteiger partial charge < -0.3 is 25.4 Å². The van der Waals surface area contributed by atoms with Crippen LogP contribution in [0.4, 0.5) is 0 Å². The number of benzene rings is 1. The summed E-state index contributed by atoms with van der Waals surface area (Å²) in [6.45, 7) is 7.10. The SMILES string of the molecule is COc1cc(C(=O)N2CCC(C(C)N)CC2)ccc1OCC(=O)NC(C)C.Cl. The minimum atomic E-state index is -0.204. The molecule has 1 aliphatic rings. The van der Waals surface area contributed by atoms with Crippen LogP contribution >= 0.6 is 12.4 Å². The van der Waals surface area contributed by atoms with Gasteiger partial charge in [0.2, 0.25) is 0 Å². The molecule has 1 fully saturated rings. The lowest BCUT2D eigenvalue weighted by atomic mass is 9.90. The van der Waals surface area contributed by atoms with E-state index in [-0.39, 0.29) is 42.9 Å². The summed E-state index contributed by atoms with van der Waals surface area (Å²) < 4.78 is 10.9. The van der Waals surface area contributed by atoms with Gasteiger partial charge in [0.25, 0.3) is 11.8 Å². The molecule has 0 saturated carbocycles. The van der Waals surface area contributed by atoms with E-state index in [9.17, 15) is 9.59 Å². The molecule has 2 amide bonds. The van der Waals surface area contributed by atoms with E-state index in [1.165, 1.54) is 7.11 Å². The van der Waals surface area contributed by atoms with Gasteiger partial charge in [-0.15, -0.1) is 12.4 Å². The van der Waals surface area contributed by atoms with Gasteiger partial charge in [0, 0.05) is 30.7 Å². The van der Waals surface area contributed by atoms with Crippen LogP contribution in [0.25, 0.3) is 0 Å². The predicted molar refractivity (Wildman–Crippen MR) is 111 cm³/mol. The number of nitrogens with two attached hydrogens (primary N) is 1. The molecule has 0 bridgehead atoms. The summed E-state index contributed by atoms with van der Waals surface area (Å²) in [6.07, 6.45) is 1.85. The standard InChI is InChI=1S/C20H31N3O4.ClH/c1-13(2)22-19(24)12-27-17-6-5-16(11-18(17)26-4)20(25)23-9-7-15(8-10-23)14(3)21;/h5-6,11,13-15H,7-10,12,21H2,1-4H3,(H,22,24);1H. The Balaban J connectivity index is 0.00000392. The van der Waals surface area contributed by atoms with Crippen molar-refractivity contribution >= 4 is 24.2 Å². The Morgan fingerprint density at radius 1 is 1.21 bits per heavy atom. The average Bonchev–Trinajstić information content (AvgIpc) is 2.65. The molecule has 0 aliphatic carbocycles. The number of carbonyl (C=O) groups is 2. The fourth-order valence-corrected chi connectivity index (χ4v) is 3.24. The minimum absolute atomic E-state index is 0. The van der Waals surface area contributed by atoms with E-state index in [2.05, 4.69) is 5.32 Å². The number of ether oxygens (including phenoxy) is 2. The lowest BCUT2D eigenvalue weighted by Gasteiger charge is -2.33. The van der Waals surface area contributed by atoms with Crippen molar-refractivity contribution in [3.8, 4) is 11.5 Å². The second-order valence-electron chi connectivity index (χ2n) is 7.37. The Morgan fingerprint density at radius 2 is 1.86 bits per heavy atom. The zero-order valence-electron chi connectivity index (χ0n) is 17.1. The first-order valence-electron chi connectivity index (χ1n) is 9.46. The molecule has 2 rings (SSSR count). The zero-order valence-corrected chi connectivity index (χ0v) is 17.9. The van der Waals surface area contributed by atoms with Crippen LogP contribution in [-0.4, -0.2) is 55.6 Å². The molecule has 7 nitrogen and oxygen atoms in total. The van der Waals surface area contributed by atoms with Crippen molar-refractivity contribution in [2.45, 2.75) is 45.7 Å². The largest absolute Gasteiger partial charge is 0.493 e. The summed E-state index contributed by atoms with van der Waals surface area (Å²) in [5.41, 5.74) is 6.51. The van der Waals surface area contributed by atoms with Gasteiger partial charge in [-0.2, -0.15) is 0 Å². The van der Waals surface area contributed by atoms with Gasteiger partial charge in [-0.1, -0.05) is 0 Å². The van der Waals surface area contributed by atoms with Gasteiger partial charge in [0.05, 0.1) is 7.11 Å². The molecule has 1 atom stereocenters. The highest BCUT2D eigenvalue weighted by molar-refractivity contribution is 5.95. The maximum atomic E-state index is 12.8. The molecule has 1 heterocycles. The van der Waals surface area contributed by atoms with E-state index in [1.54, 1.807) is 18.2 Å². The molecule has 0 aromatic heterocycles. The number of carbonyl (C=O) groups excluding carboxylic acids is 2. The molecular formula is C20H32ClN3O4.